The molecular weight excluding hydrogens is 322 g/mol. The van der Waals surface area contributed by atoms with Crippen LogP contribution in [0, 0.1) is 13.8 Å². The van der Waals surface area contributed by atoms with E-state index in [4.69, 9.17) is 4.74 Å². The molecule has 1 rings (SSSR count). The Hall–Kier alpha value is -2.31. The van der Waals surface area contributed by atoms with Gasteiger partial charge in [0, 0.05) is 18.3 Å². The molecule has 0 atom stereocenters. The van der Waals surface area contributed by atoms with Crippen LogP contribution in [0.1, 0.15) is 66.7 Å². The van der Waals surface area contributed by atoms with Gasteiger partial charge in [-0.1, -0.05) is 0 Å². The first-order chi connectivity index (χ1) is 11.6. The van der Waals surface area contributed by atoms with Gasteiger partial charge < -0.3 is 19.9 Å². The minimum atomic E-state index is -0.458. The number of nitrogens with one attached hydrogen (secondary N) is 2. The third kappa shape index (κ3) is 5.34. The van der Waals surface area contributed by atoms with Gasteiger partial charge in [-0.3, -0.25) is 9.59 Å². The molecule has 7 heteroatoms. The number of rotatable bonds is 7. The normalized spacial score (nSPS) is 10.9. The molecule has 1 aromatic heterocycles. The fourth-order valence-electron chi connectivity index (χ4n) is 2.57. The Balaban J connectivity index is 3.04. The maximum absolute atomic E-state index is 12.8. The van der Waals surface area contributed by atoms with Gasteiger partial charge in [0.2, 0.25) is 5.91 Å². The molecule has 1 heterocycles. The van der Waals surface area contributed by atoms with Crippen molar-refractivity contribution in [3.63, 3.8) is 0 Å². The van der Waals surface area contributed by atoms with Crippen molar-refractivity contribution in [2.45, 2.75) is 60.6 Å². The molecule has 0 unspecified atom stereocenters. The summed E-state index contributed by atoms with van der Waals surface area (Å²) in [7, 11) is 0. The largest absolute Gasteiger partial charge is 0.459 e. The average Bonchev–Trinajstić information content (AvgIpc) is 2.77. The number of carbonyl (C=O) groups is 3. The standard InChI is InChI=1S/C18H29N3O4/c1-8-21(9-14(22)19-10(2)3)17(23)16-12(6)15(13(7)20-16)18(24)25-11(4)5/h10-11,20H,8-9H2,1-7H3,(H,19,22). The third-order valence-corrected chi connectivity index (χ3v) is 3.65. The number of aromatic amines is 1. The van der Waals surface area contributed by atoms with Crippen molar-refractivity contribution >= 4 is 17.8 Å². The summed E-state index contributed by atoms with van der Waals surface area (Å²) in [5.41, 5.74) is 1.80. The average molecular weight is 351 g/mol. The van der Waals surface area contributed by atoms with Crippen molar-refractivity contribution in [1.29, 1.82) is 0 Å². The van der Waals surface area contributed by atoms with Crippen LogP contribution < -0.4 is 5.32 Å². The van der Waals surface area contributed by atoms with E-state index in [9.17, 15) is 14.4 Å². The zero-order valence-electron chi connectivity index (χ0n) is 16.1. The first-order valence-corrected chi connectivity index (χ1v) is 8.57. The lowest BCUT2D eigenvalue weighted by Crippen LogP contribution is -2.42. The molecule has 0 spiro atoms. The van der Waals surface area contributed by atoms with Crippen molar-refractivity contribution < 1.29 is 19.1 Å². The van der Waals surface area contributed by atoms with Crippen LogP contribution in [-0.4, -0.2) is 52.9 Å². The maximum Gasteiger partial charge on any atom is 0.340 e. The van der Waals surface area contributed by atoms with E-state index in [0.29, 0.717) is 29.1 Å². The molecule has 2 amide bonds. The van der Waals surface area contributed by atoms with E-state index in [1.807, 2.05) is 13.8 Å². The van der Waals surface area contributed by atoms with Gasteiger partial charge in [0.1, 0.15) is 5.69 Å². The monoisotopic (exact) mass is 351 g/mol. The van der Waals surface area contributed by atoms with Crippen LogP contribution in [0.25, 0.3) is 0 Å². The fraction of sp³-hybridized carbons (Fsp3) is 0.611. The molecule has 0 aromatic carbocycles. The molecule has 0 bridgehead atoms. The molecule has 1 aromatic rings. The number of likely N-dealkylation sites (N-methyl/N-ethyl adjacent to an activating group) is 1. The second-order valence-corrected chi connectivity index (χ2v) is 6.62. The summed E-state index contributed by atoms with van der Waals surface area (Å²) in [6.07, 6.45) is -0.243. The highest BCUT2D eigenvalue weighted by atomic mass is 16.5. The van der Waals surface area contributed by atoms with E-state index < -0.39 is 5.97 Å². The fourth-order valence-corrected chi connectivity index (χ4v) is 2.57. The smallest absolute Gasteiger partial charge is 0.340 e. The van der Waals surface area contributed by atoms with Gasteiger partial charge in [-0.05, 0) is 54.0 Å². The molecule has 0 saturated carbocycles. The quantitative estimate of drug-likeness (QED) is 0.737. The number of aromatic nitrogens is 1. The number of nitrogens with zero attached hydrogens (tertiary/aromatic N) is 1. The number of carbonyl (C=O) groups excluding carboxylic acids is 3. The topological polar surface area (TPSA) is 91.5 Å². The highest BCUT2D eigenvalue weighted by Gasteiger charge is 2.26. The minimum absolute atomic E-state index is 0.00758. The van der Waals surface area contributed by atoms with Gasteiger partial charge in [-0.15, -0.1) is 0 Å². The van der Waals surface area contributed by atoms with Gasteiger partial charge in [-0.25, -0.2) is 4.79 Å². The van der Waals surface area contributed by atoms with Crippen molar-refractivity contribution in [3.05, 3.63) is 22.5 Å². The maximum atomic E-state index is 12.8. The van der Waals surface area contributed by atoms with Crippen LogP contribution in [0.3, 0.4) is 0 Å². The number of hydrogen-bond acceptors (Lipinski definition) is 4. The first kappa shape index (κ1) is 20.7. The summed E-state index contributed by atoms with van der Waals surface area (Å²) < 4.78 is 5.24. The molecular formula is C18H29N3O4. The van der Waals surface area contributed by atoms with Crippen LogP contribution in [0.2, 0.25) is 0 Å². The summed E-state index contributed by atoms with van der Waals surface area (Å²) in [4.78, 5) is 41.4. The second kappa shape index (κ2) is 8.69. The summed E-state index contributed by atoms with van der Waals surface area (Å²) >= 11 is 0. The highest BCUT2D eigenvalue weighted by Crippen LogP contribution is 2.21. The summed E-state index contributed by atoms with van der Waals surface area (Å²) in [5.74, 6) is -0.989. The molecule has 7 nitrogen and oxygen atoms in total. The Labute approximate surface area is 149 Å². The molecule has 140 valence electrons. The number of ether oxygens (including phenoxy) is 1. The highest BCUT2D eigenvalue weighted by molar-refractivity contribution is 6.01. The lowest BCUT2D eigenvalue weighted by Gasteiger charge is -2.21. The third-order valence-electron chi connectivity index (χ3n) is 3.65. The van der Waals surface area contributed by atoms with Gasteiger partial charge in [0.05, 0.1) is 18.2 Å². The molecule has 0 saturated heterocycles. The summed E-state index contributed by atoms with van der Waals surface area (Å²) in [6, 6.07) is 0.00758. The number of hydrogen-bond donors (Lipinski definition) is 2. The molecule has 0 aliphatic rings. The summed E-state index contributed by atoms with van der Waals surface area (Å²) in [5, 5.41) is 2.77. The Morgan fingerprint density at radius 1 is 1.16 bits per heavy atom. The zero-order valence-corrected chi connectivity index (χ0v) is 16.1. The number of aryl methyl sites for hydroxylation is 1. The van der Waals surface area contributed by atoms with Gasteiger partial charge in [0.25, 0.3) is 5.91 Å². The lowest BCUT2D eigenvalue weighted by atomic mass is 10.1. The van der Waals surface area contributed by atoms with Crippen molar-refractivity contribution in [1.82, 2.24) is 15.2 Å². The van der Waals surface area contributed by atoms with Gasteiger partial charge >= 0.3 is 5.97 Å². The SMILES string of the molecule is CCN(CC(=O)NC(C)C)C(=O)c1[nH]c(C)c(C(=O)OC(C)C)c1C. The number of esters is 1. The minimum Gasteiger partial charge on any atom is -0.459 e. The summed E-state index contributed by atoms with van der Waals surface area (Å²) in [6.45, 7) is 12.9. The van der Waals surface area contributed by atoms with Gasteiger partial charge in [0.15, 0.2) is 0 Å². The predicted octanol–water partition coefficient (Wildman–Crippen LogP) is 2.18. The number of H-pyrrole nitrogens is 1. The van der Waals surface area contributed by atoms with E-state index in [-0.39, 0.29) is 30.5 Å². The van der Waals surface area contributed by atoms with E-state index >= 15 is 0 Å². The Morgan fingerprint density at radius 3 is 2.24 bits per heavy atom. The van der Waals surface area contributed by atoms with E-state index in [2.05, 4.69) is 10.3 Å². The first-order valence-electron chi connectivity index (χ1n) is 8.57. The van der Waals surface area contributed by atoms with Crippen LogP contribution in [-0.2, 0) is 9.53 Å². The predicted molar refractivity (Wildman–Crippen MR) is 95.7 cm³/mol. The van der Waals surface area contributed by atoms with E-state index in [1.165, 1.54) is 4.90 Å². The molecule has 0 aliphatic heterocycles. The lowest BCUT2D eigenvalue weighted by molar-refractivity contribution is -0.122. The molecule has 0 radical (unpaired) electrons. The molecule has 0 fully saturated rings. The Bertz CT molecular complexity index is 647. The second-order valence-electron chi connectivity index (χ2n) is 6.62. The molecule has 25 heavy (non-hydrogen) atoms. The van der Waals surface area contributed by atoms with E-state index in [1.54, 1.807) is 34.6 Å². The van der Waals surface area contributed by atoms with Crippen LogP contribution in [0.4, 0.5) is 0 Å². The van der Waals surface area contributed by atoms with Crippen molar-refractivity contribution in [2.24, 2.45) is 0 Å². The molecule has 0 aliphatic carbocycles. The Morgan fingerprint density at radius 2 is 1.76 bits per heavy atom. The van der Waals surface area contributed by atoms with Crippen LogP contribution in [0.5, 0.6) is 0 Å². The zero-order chi connectivity index (χ0) is 19.3. The van der Waals surface area contributed by atoms with Crippen LogP contribution >= 0.6 is 0 Å². The van der Waals surface area contributed by atoms with Crippen molar-refractivity contribution in [2.75, 3.05) is 13.1 Å². The molecule has 2 N–H and O–H groups in total. The van der Waals surface area contributed by atoms with Crippen LogP contribution in [0.15, 0.2) is 0 Å². The van der Waals surface area contributed by atoms with E-state index in [0.717, 1.165) is 0 Å². The number of amides is 2. The van der Waals surface area contributed by atoms with Gasteiger partial charge in [-0.2, -0.15) is 0 Å². The van der Waals surface area contributed by atoms with Crippen molar-refractivity contribution in [3.8, 4) is 0 Å². The Kier molecular flexibility index (Phi) is 7.21.